The van der Waals surface area contributed by atoms with Gasteiger partial charge in [-0.25, -0.2) is 4.39 Å². The van der Waals surface area contributed by atoms with E-state index in [1.165, 1.54) is 12.1 Å². The van der Waals surface area contributed by atoms with E-state index >= 15 is 0 Å². The van der Waals surface area contributed by atoms with Crippen LogP contribution < -0.4 is 5.73 Å². The van der Waals surface area contributed by atoms with E-state index in [9.17, 15) is 4.39 Å². The summed E-state index contributed by atoms with van der Waals surface area (Å²) in [5.74, 6) is -0.350. The molecule has 0 spiro atoms. The number of halogens is 1. The standard InChI is InChI=1S/C12H12FN3O/c13-10-5-3-4-9(8-10)11(12(14)15-17)16-6-1-2-7-16/h1-8,11,17H,(H2,14,15)/t11-/m1/s1. The highest BCUT2D eigenvalue weighted by Crippen LogP contribution is 2.19. The molecule has 3 N–H and O–H groups in total. The monoisotopic (exact) mass is 233 g/mol. The smallest absolute Gasteiger partial charge is 0.166 e. The van der Waals surface area contributed by atoms with Gasteiger partial charge >= 0.3 is 0 Å². The van der Waals surface area contributed by atoms with Crippen LogP contribution in [0.5, 0.6) is 0 Å². The van der Waals surface area contributed by atoms with Gasteiger partial charge < -0.3 is 15.5 Å². The van der Waals surface area contributed by atoms with Crippen molar-refractivity contribution in [3.8, 4) is 0 Å². The maximum Gasteiger partial charge on any atom is 0.166 e. The summed E-state index contributed by atoms with van der Waals surface area (Å²) in [4.78, 5) is 0. The molecule has 0 fully saturated rings. The quantitative estimate of drug-likeness (QED) is 0.368. The van der Waals surface area contributed by atoms with Crippen molar-refractivity contribution < 1.29 is 9.60 Å². The molecule has 5 heteroatoms. The fourth-order valence-electron chi connectivity index (χ4n) is 1.75. The van der Waals surface area contributed by atoms with E-state index in [0.717, 1.165) is 0 Å². The van der Waals surface area contributed by atoms with Crippen molar-refractivity contribution in [3.63, 3.8) is 0 Å². The SMILES string of the molecule is NC(=NO)[C@@H](c1cccc(F)c1)n1cccc1. The van der Waals surface area contributed by atoms with Crippen molar-refractivity contribution in [3.05, 3.63) is 60.2 Å². The van der Waals surface area contributed by atoms with Gasteiger partial charge in [-0.15, -0.1) is 0 Å². The molecule has 0 unspecified atom stereocenters. The highest BCUT2D eigenvalue weighted by molar-refractivity contribution is 5.86. The number of aromatic nitrogens is 1. The minimum atomic E-state index is -0.509. The van der Waals surface area contributed by atoms with Crippen LogP contribution in [-0.2, 0) is 0 Å². The van der Waals surface area contributed by atoms with Crippen molar-refractivity contribution in [1.82, 2.24) is 4.57 Å². The van der Waals surface area contributed by atoms with Gasteiger partial charge in [-0.2, -0.15) is 0 Å². The summed E-state index contributed by atoms with van der Waals surface area (Å²) in [6.45, 7) is 0. The summed E-state index contributed by atoms with van der Waals surface area (Å²) in [7, 11) is 0. The molecule has 1 aromatic carbocycles. The fraction of sp³-hybridized carbons (Fsp3) is 0.0833. The van der Waals surface area contributed by atoms with E-state index in [2.05, 4.69) is 5.16 Å². The van der Waals surface area contributed by atoms with Gasteiger partial charge in [-0.1, -0.05) is 17.3 Å². The third-order valence-electron chi connectivity index (χ3n) is 2.49. The van der Waals surface area contributed by atoms with Crippen LogP contribution in [0.2, 0.25) is 0 Å². The molecule has 0 aliphatic carbocycles. The molecule has 2 aromatic rings. The fourth-order valence-corrected chi connectivity index (χ4v) is 1.75. The highest BCUT2D eigenvalue weighted by atomic mass is 19.1. The number of nitrogens with two attached hydrogens (primary N) is 1. The molecular formula is C12H12FN3O. The van der Waals surface area contributed by atoms with Crippen LogP contribution in [0.1, 0.15) is 11.6 Å². The molecule has 0 bridgehead atoms. The molecule has 4 nitrogen and oxygen atoms in total. The molecule has 17 heavy (non-hydrogen) atoms. The zero-order valence-corrected chi connectivity index (χ0v) is 8.99. The first-order valence-electron chi connectivity index (χ1n) is 5.07. The lowest BCUT2D eigenvalue weighted by molar-refractivity contribution is 0.315. The second kappa shape index (κ2) is 4.69. The minimum Gasteiger partial charge on any atom is -0.409 e. The van der Waals surface area contributed by atoms with E-state index < -0.39 is 6.04 Å². The molecule has 1 atom stereocenters. The molecule has 0 aliphatic heterocycles. The predicted molar refractivity (Wildman–Crippen MR) is 62.4 cm³/mol. The second-order valence-corrected chi connectivity index (χ2v) is 3.61. The molecular weight excluding hydrogens is 221 g/mol. The Hall–Kier alpha value is -2.30. The Balaban J connectivity index is 2.48. The maximum absolute atomic E-state index is 13.2. The van der Waals surface area contributed by atoms with Gasteiger partial charge in [0.1, 0.15) is 11.9 Å². The first kappa shape index (κ1) is 11.2. The average molecular weight is 233 g/mol. The summed E-state index contributed by atoms with van der Waals surface area (Å²) in [5.41, 5.74) is 6.27. The van der Waals surface area contributed by atoms with E-state index in [4.69, 9.17) is 10.9 Å². The molecule has 1 heterocycles. The zero-order chi connectivity index (χ0) is 12.3. The zero-order valence-electron chi connectivity index (χ0n) is 8.99. The van der Waals surface area contributed by atoms with Gasteiger partial charge in [0.15, 0.2) is 5.84 Å². The number of rotatable bonds is 3. The van der Waals surface area contributed by atoms with Gasteiger partial charge in [0.25, 0.3) is 0 Å². The number of oxime groups is 1. The third kappa shape index (κ3) is 2.28. The number of benzene rings is 1. The molecule has 2 rings (SSSR count). The Morgan fingerprint density at radius 1 is 1.29 bits per heavy atom. The van der Waals surface area contributed by atoms with Crippen LogP contribution in [0.25, 0.3) is 0 Å². The van der Waals surface area contributed by atoms with Gasteiger partial charge in [0, 0.05) is 12.4 Å². The van der Waals surface area contributed by atoms with Crippen LogP contribution in [0.4, 0.5) is 4.39 Å². The first-order valence-corrected chi connectivity index (χ1v) is 5.07. The molecule has 0 saturated carbocycles. The van der Waals surface area contributed by atoms with Crippen LogP contribution in [0.15, 0.2) is 53.9 Å². The van der Waals surface area contributed by atoms with Crippen LogP contribution in [-0.4, -0.2) is 15.6 Å². The summed E-state index contributed by atoms with van der Waals surface area (Å²) >= 11 is 0. The van der Waals surface area contributed by atoms with Crippen molar-refractivity contribution in [2.45, 2.75) is 6.04 Å². The molecule has 0 amide bonds. The highest BCUT2D eigenvalue weighted by Gasteiger charge is 2.18. The molecule has 88 valence electrons. The lowest BCUT2D eigenvalue weighted by atomic mass is 10.1. The topological polar surface area (TPSA) is 63.5 Å². The Labute approximate surface area is 97.8 Å². The van der Waals surface area contributed by atoms with Crippen LogP contribution >= 0.6 is 0 Å². The average Bonchev–Trinajstić information content (AvgIpc) is 2.83. The van der Waals surface area contributed by atoms with Crippen molar-refractivity contribution >= 4 is 5.84 Å². The second-order valence-electron chi connectivity index (χ2n) is 3.61. The molecule has 0 aliphatic rings. The Kier molecular flexibility index (Phi) is 3.09. The van der Waals surface area contributed by atoms with Gasteiger partial charge in [-0.3, -0.25) is 0 Å². The van der Waals surface area contributed by atoms with E-state index in [1.54, 1.807) is 29.1 Å². The van der Waals surface area contributed by atoms with Crippen molar-refractivity contribution in [2.75, 3.05) is 0 Å². The molecule has 0 radical (unpaired) electrons. The lowest BCUT2D eigenvalue weighted by Crippen LogP contribution is -2.27. The normalized spacial score (nSPS) is 13.6. The summed E-state index contributed by atoms with van der Waals surface area (Å²) < 4.78 is 14.9. The van der Waals surface area contributed by atoms with Gasteiger partial charge in [0.2, 0.25) is 0 Å². The number of hydrogen-bond donors (Lipinski definition) is 2. The Bertz CT molecular complexity index is 522. The van der Waals surface area contributed by atoms with Crippen LogP contribution in [0.3, 0.4) is 0 Å². The third-order valence-corrected chi connectivity index (χ3v) is 2.49. The van der Waals surface area contributed by atoms with E-state index in [-0.39, 0.29) is 11.7 Å². The van der Waals surface area contributed by atoms with Crippen molar-refractivity contribution in [2.24, 2.45) is 10.9 Å². The summed E-state index contributed by atoms with van der Waals surface area (Å²) in [5, 5.41) is 11.8. The first-order chi connectivity index (χ1) is 8.22. The number of hydrogen-bond acceptors (Lipinski definition) is 2. The van der Waals surface area contributed by atoms with Crippen LogP contribution in [0, 0.1) is 5.82 Å². The largest absolute Gasteiger partial charge is 0.409 e. The Morgan fingerprint density at radius 3 is 2.59 bits per heavy atom. The van der Waals surface area contributed by atoms with Gasteiger partial charge in [0.05, 0.1) is 0 Å². The van der Waals surface area contributed by atoms with E-state index in [1.807, 2.05) is 12.1 Å². The Morgan fingerprint density at radius 2 is 2.00 bits per heavy atom. The van der Waals surface area contributed by atoms with Crippen molar-refractivity contribution in [1.29, 1.82) is 0 Å². The predicted octanol–water partition coefficient (Wildman–Crippen LogP) is 1.96. The minimum absolute atomic E-state index is 0.00630. The molecule has 1 aromatic heterocycles. The maximum atomic E-state index is 13.2. The lowest BCUT2D eigenvalue weighted by Gasteiger charge is -2.17. The summed E-state index contributed by atoms with van der Waals surface area (Å²) in [6, 6.07) is 9.15. The van der Waals surface area contributed by atoms with Gasteiger partial charge in [-0.05, 0) is 29.8 Å². The number of amidine groups is 1. The van der Waals surface area contributed by atoms with E-state index in [0.29, 0.717) is 5.56 Å². The number of nitrogens with zero attached hydrogens (tertiary/aromatic N) is 2. The molecule has 0 saturated heterocycles. The summed E-state index contributed by atoms with van der Waals surface area (Å²) in [6.07, 6.45) is 3.54.